The van der Waals surface area contributed by atoms with Crippen molar-refractivity contribution in [3.05, 3.63) is 53.6 Å². The van der Waals surface area contributed by atoms with Gasteiger partial charge in [-0.05, 0) is 48.7 Å². The number of benzene rings is 2. The molecular weight excluding hydrogens is 445 g/mol. The summed E-state index contributed by atoms with van der Waals surface area (Å²) in [7, 11) is 0. The van der Waals surface area contributed by atoms with Crippen LogP contribution in [0.2, 0.25) is 0 Å². The number of hydrogen-bond donors (Lipinski definition) is 1. The van der Waals surface area contributed by atoms with E-state index in [1.54, 1.807) is 23.1 Å². The number of nitrogens with zero attached hydrogens (tertiary/aromatic N) is 3. The Hall–Kier alpha value is -3.33. The van der Waals surface area contributed by atoms with Gasteiger partial charge in [-0.15, -0.1) is 0 Å². The summed E-state index contributed by atoms with van der Waals surface area (Å²) in [5.74, 6) is -0.00845. The number of ether oxygens (including phenoxy) is 1. The van der Waals surface area contributed by atoms with Gasteiger partial charge >= 0.3 is 6.18 Å². The first-order valence-electron chi connectivity index (χ1n) is 11.4. The molecule has 3 heterocycles. The predicted octanol–water partition coefficient (Wildman–Crippen LogP) is 4.58. The Labute approximate surface area is 195 Å². The molecule has 0 bridgehead atoms. The van der Waals surface area contributed by atoms with Gasteiger partial charge in [0.2, 0.25) is 0 Å². The predicted molar refractivity (Wildman–Crippen MR) is 125 cm³/mol. The number of hydrogen-bond acceptors (Lipinski definition) is 5. The first kappa shape index (κ1) is 22.5. The fourth-order valence-corrected chi connectivity index (χ4v) is 4.76. The maximum atomic E-state index is 14.1. The van der Waals surface area contributed by atoms with Crippen molar-refractivity contribution in [2.45, 2.75) is 19.0 Å². The van der Waals surface area contributed by atoms with E-state index in [2.05, 4.69) is 9.88 Å². The van der Waals surface area contributed by atoms with Crippen molar-refractivity contribution in [3.63, 3.8) is 0 Å². The minimum atomic E-state index is -4.61. The summed E-state index contributed by atoms with van der Waals surface area (Å²) in [6, 6.07) is 10.6. The number of carbonyl (C=O) groups excluding carboxylic acids is 1. The molecule has 0 spiro atoms. The van der Waals surface area contributed by atoms with Crippen molar-refractivity contribution in [1.82, 2.24) is 9.88 Å². The zero-order chi connectivity index (χ0) is 23.9. The number of rotatable bonds is 3. The second-order valence-electron chi connectivity index (χ2n) is 8.62. The van der Waals surface area contributed by atoms with Crippen LogP contribution < -0.4 is 10.6 Å². The van der Waals surface area contributed by atoms with E-state index in [4.69, 9.17) is 10.5 Å². The Morgan fingerprint density at radius 2 is 1.74 bits per heavy atom. The van der Waals surface area contributed by atoms with Gasteiger partial charge in [0, 0.05) is 42.7 Å². The second-order valence-corrected chi connectivity index (χ2v) is 8.62. The van der Waals surface area contributed by atoms with E-state index in [9.17, 15) is 18.0 Å². The van der Waals surface area contributed by atoms with Gasteiger partial charge in [-0.2, -0.15) is 13.2 Å². The van der Waals surface area contributed by atoms with Crippen LogP contribution in [-0.2, 0) is 10.9 Å². The SMILES string of the molecule is Nc1nc2ccc(-c3c(C(=O)N4CCCC4)cccc3C(F)(F)F)cc2cc1N1CCOCC1. The lowest BCUT2D eigenvalue weighted by Crippen LogP contribution is -2.36. The number of pyridine rings is 1. The van der Waals surface area contributed by atoms with E-state index < -0.39 is 11.7 Å². The highest BCUT2D eigenvalue weighted by atomic mass is 19.4. The molecule has 34 heavy (non-hydrogen) atoms. The zero-order valence-corrected chi connectivity index (χ0v) is 18.6. The Morgan fingerprint density at radius 3 is 2.44 bits per heavy atom. The van der Waals surface area contributed by atoms with E-state index in [1.165, 1.54) is 12.1 Å². The van der Waals surface area contributed by atoms with Crippen LogP contribution in [0.15, 0.2) is 42.5 Å². The van der Waals surface area contributed by atoms with Crippen LogP contribution in [0.25, 0.3) is 22.0 Å². The van der Waals surface area contributed by atoms with Gasteiger partial charge in [0.15, 0.2) is 0 Å². The van der Waals surface area contributed by atoms with Gasteiger partial charge < -0.3 is 20.3 Å². The van der Waals surface area contributed by atoms with Crippen LogP contribution in [0, 0.1) is 0 Å². The first-order chi connectivity index (χ1) is 16.3. The fourth-order valence-electron chi connectivity index (χ4n) is 4.76. The highest BCUT2D eigenvalue weighted by Gasteiger charge is 2.36. The van der Waals surface area contributed by atoms with Crippen molar-refractivity contribution in [2.75, 3.05) is 50.0 Å². The normalized spacial score (nSPS) is 16.9. The number of nitrogens with two attached hydrogens (primary N) is 1. The van der Waals surface area contributed by atoms with Gasteiger partial charge in [-0.1, -0.05) is 12.1 Å². The lowest BCUT2D eigenvalue weighted by atomic mass is 9.92. The van der Waals surface area contributed by atoms with Gasteiger partial charge in [0.25, 0.3) is 5.91 Å². The Morgan fingerprint density at radius 1 is 1.00 bits per heavy atom. The molecule has 5 rings (SSSR count). The highest BCUT2D eigenvalue weighted by molar-refractivity contribution is 6.03. The van der Waals surface area contributed by atoms with Crippen LogP contribution in [-0.4, -0.2) is 55.2 Å². The van der Waals surface area contributed by atoms with Crippen LogP contribution >= 0.6 is 0 Å². The molecule has 178 valence electrons. The number of likely N-dealkylation sites (tertiary alicyclic amines) is 1. The van der Waals surface area contributed by atoms with Gasteiger partial charge in [-0.3, -0.25) is 4.79 Å². The summed E-state index contributed by atoms with van der Waals surface area (Å²) in [5, 5.41) is 0.657. The van der Waals surface area contributed by atoms with Crippen LogP contribution in [0.4, 0.5) is 24.7 Å². The molecular formula is C25H25F3N4O2. The monoisotopic (exact) mass is 470 g/mol. The lowest BCUT2D eigenvalue weighted by Gasteiger charge is -2.29. The molecule has 2 N–H and O–H groups in total. The molecule has 2 saturated heterocycles. The third-order valence-electron chi connectivity index (χ3n) is 6.46. The molecule has 2 aliphatic heterocycles. The number of carbonyl (C=O) groups is 1. The summed E-state index contributed by atoms with van der Waals surface area (Å²) >= 11 is 0. The molecule has 2 fully saturated rings. The van der Waals surface area contributed by atoms with E-state index in [0.717, 1.165) is 24.6 Å². The van der Waals surface area contributed by atoms with Crippen LogP contribution in [0.5, 0.6) is 0 Å². The van der Waals surface area contributed by atoms with Gasteiger partial charge in [0.05, 0.1) is 30.0 Å². The Kier molecular flexibility index (Phi) is 5.81. The average molecular weight is 470 g/mol. The zero-order valence-electron chi connectivity index (χ0n) is 18.6. The van der Waals surface area contributed by atoms with Crippen molar-refractivity contribution in [1.29, 1.82) is 0 Å². The number of fused-ring (bicyclic) bond motifs is 1. The van der Waals surface area contributed by atoms with E-state index in [0.29, 0.717) is 61.7 Å². The number of aromatic nitrogens is 1. The molecule has 0 atom stereocenters. The minimum absolute atomic E-state index is 0.0629. The van der Waals surface area contributed by atoms with E-state index in [1.807, 2.05) is 6.07 Å². The second kappa shape index (κ2) is 8.79. The minimum Gasteiger partial charge on any atom is -0.382 e. The van der Waals surface area contributed by atoms with E-state index >= 15 is 0 Å². The maximum Gasteiger partial charge on any atom is 0.417 e. The largest absolute Gasteiger partial charge is 0.417 e. The molecule has 0 saturated carbocycles. The third kappa shape index (κ3) is 4.16. The summed E-state index contributed by atoms with van der Waals surface area (Å²) < 4.78 is 47.6. The van der Waals surface area contributed by atoms with Crippen molar-refractivity contribution < 1.29 is 22.7 Å². The van der Waals surface area contributed by atoms with Gasteiger partial charge in [-0.25, -0.2) is 4.98 Å². The van der Waals surface area contributed by atoms with Crippen LogP contribution in [0.3, 0.4) is 0 Å². The first-order valence-corrected chi connectivity index (χ1v) is 11.4. The number of morpholine rings is 1. The quantitative estimate of drug-likeness (QED) is 0.607. The molecule has 9 heteroatoms. The smallest absolute Gasteiger partial charge is 0.382 e. The summed E-state index contributed by atoms with van der Waals surface area (Å²) in [6.45, 7) is 3.55. The summed E-state index contributed by atoms with van der Waals surface area (Å²) in [4.78, 5) is 21.4. The number of halogens is 3. The number of amides is 1. The maximum absolute atomic E-state index is 14.1. The van der Waals surface area contributed by atoms with Crippen molar-refractivity contribution >= 4 is 28.3 Å². The topological polar surface area (TPSA) is 71.7 Å². The molecule has 3 aromatic rings. The summed E-state index contributed by atoms with van der Waals surface area (Å²) in [6.07, 6.45) is -2.90. The van der Waals surface area contributed by atoms with Gasteiger partial charge in [0.1, 0.15) is 5.82 Å². The lowest BCUT2D eigenvalue weighted by molar-refractivity contribution is -0.137. The molecule has 1 aromatic heterocycles. The van der Waals surface area contributed by atoms with E-state index in [-0.39, 0.29) is 17.0 Å². The fraction of sp³-hybridized carbons (Fsp3) is 0.360. The molecule has 2 aliphatic rings. The molecule has 1 amide bonds. The molecule has 0 radical (unpaired) electrons. The van der Waals surface area contributed by atoms with Crippen molar-refractivity contribution in [3.8, 4) is 11.1 Å². The summed E-state index contributed by atoms with van der Waals surface area (Å²) in [5.41, 5.74) is 6.96. The molecule has 6 nitrogen and oxygen atoms in total. The number of anilines is 2. The Balaban J connectivity index is 1.66. The average Bonchev–Trinajstić information content (AvgIpc) is 3.37. The van der Waals surface area contributed by atoms with Crippen molar-refractivity contribution in [2.24, 2.45) is 0 Å². The standard InChI is InChI=1S/C25H25F3N4O2/c26-25(27,28)19-5-3-4-18(24(33)32-8-1-2-9-32)22(19)16-6-7-20-17(14-16)15-21(23(29)30-20)31-10-12-34-13-11-31/h3-7,14-15H,1-2,8-13H2,(H2,29,30). The molecule has 0 unspecified atom stereocenters. The number of alkyl halides is 3. The Bertz CT molecular complexity index is 1230. The highest BCUT2D eigenvalue weighted by Crippen LogP contribution is 2.41. The third-order valence-corrected chi connectivity index (χ3v) is 6.46. The molecule has 0 aliphatic carbocycles. The van der Waals surface area contributed by atoms with Crippen LogP contribution in [0.1, 0.15) is 28.8 Å². The number of nitrogen functional groups attached to an aromatic ring is 1. The molecule has 2 aromatic carbocycles.